The van der Waals surface area contributed by atoms with Crippen LogP contribution in [0.1, 0.15) is 125 Å². The van der Waals surface area contributed by atoms with E-state index in [9.17, 15) is 4.79 Å². The zero-order valence-corrected chi connectivity index (χ0v) is 24.4. The highest BCUT2D eigenvalue weighted by atomic mass is 16.5. The largest absolute Gasteiger partial charge is 0.495 e. The summed E-state index contributed by atoms with van der Waals surface area (Å²) in [7, 11) is 2.08. The van der Waals surface area contributed by atoms with Gasteiger partial charge >= 0.3 is 0 Å². The quantitative estimate of drug-likeness (QED) is 0.353. The second-order valence-corrected chi connectivity index (χ2v) is 14.7. The van der Waals surface area contributed by atoms with Gasteiger partial charge in [0.25, 0.3) is 0 Å². The molecule has 0 aromatic carbocycles. The van der Waals surface area contributed by atoms with Crippen molar-refractivity contribution >= 4 is 5.91 Å². The van der Waals surface area contributed by atoms with Gasteiger partial charge in [-0.3, -0.25) is 4.79 Å². The molecule has 6 unspecified atom stereocenters. The van der Waals surface area contributed by atoms with E-state index in [2.05, 4.69) is 52.6 Å². The molecule has 0 bridgehead atoms. The van der Waals surface area contributed by atoms with Gasteiger partial charge in [-0.25, -0.2) is 0 Å². The molecule has 3 saturated carbocycles. The first-order valence-electron chi connectivity index (χ1n) is 15.8. The third kappa shape index (κ3) is 4.57. The van der Waals surface area contributed by atoms with Gasteiger partial charge in [-0.1, -0.05) is 53.9 Å². The van der Waals surface area contributed by atoms with Gasteiger partial charge in [0.05, 0.1) is 5.76 Å². The summed E-state index contributed by atoms with van der Waals surface area (Å²) in [5, 5.41) is 0. The number of piperidine rings is 1. The molecule has 4 fully saturated rings. The minimum atomic E-state index is 0.246. The van der Waals surface area contributed by atoms with E-state index in [4.69, 9.17) is 4.74 Å². The SMILES string of the molecule is CC(C)CCCC(C)C1CCC2C3C(CC[C@]12C)C1(C)CCC(=O)N(C)[C@@H]1C[C@@H]3OC1=CCCCC1. The van der Waals surface area contributed by atoms with E-state index in [1.807, 2.05) is 0 Å². The average Bonchev–Trinajstić information content (AvgIpc) is 3.20. The van der Waals surface area contributed by atoms with Crippen LogP contribution < -0.4 is 0 Å². The lowest BCUT2D eigenvalue weighted by atomic mass is 9.45. The predicted octanol–water partition coefficient (Wildman–Crippen LogP) is 8.38. The van der Waals surface area contributed by atoms with Crippen molar-refractivity contribution in [3.8, 4) is 0 Å². The molecule has 3 heteroatoms. The highest BCUT2D eigenvalue weighted by Gasteiger charge is 2.64. The van der Waals surface area contributed by atoms with Crippen LogP contribution >= 0.6 is 0 Å². The second kappa shape index (κ2) is 10.3. The molecule has 1 saturated heterocycles. The topological polar surface area (TPSA) is 29.5 Å². The third-order valence-corrected chi connectivity index (χ3v) is 12.3. The molecule has 5 rings (SSSR count). The van der Waals surface area contributed by atoms with Crippen molar-refractivity contribution in [3.63, 3.8) is 0 Å². The van der Waals surface area contributed by atoms with E-state index >= 15 is 0 Å². The molecular formula is C33H55NO2. The third-order valence-electron chi connectivity index (χ3n) is 12.3. The smallest absolute Gasteiger partial charge is 0.222 e. The van der Waals surface area contributed by atoms with Crippen LogP contribution in [0, 0.1) is 46.3 Å². The Labute approximate surface area is 222 Å². The van der Waals surface area contributed by atoms with Crippen LogP contribution in [-0.4, -0.2) is 30.0 Å². The number of carbonyl (C=O) groups is 1. The summed E-state index contributed by atoms with van der Waals surface area (Å²) in [6.07, 6.45) is 20.1. The Kier molecular flexibility index (Phi) is 7.61. The Balaban J connectivity index is 1.42. The van der Waals surface area contributed by atoms with Crippen LogP contribution in [0.5, 0.6) is 0 Å². The second-order valence-electron chi connectivity index (χ2n) is 14.7. The Morgan fingerprint density at radius 1 is 1.00 bits per heavy atom. The van der Waals surface area contributed by atoms with Crippen molar-refractivity contribution in [2.24, 2.45) is 46.3 Å². The van der Waals surface area contributed by atoms with E-state index in [0.717, 1.165) is 49.4 Å². The number of nitrogens with zero attached hydrogens (tertiary/aromatic N) is 1. The van der Waals surface area contributed by atoms with Crippen LogP contribution in [0.25, 0.3) is 0 Å². The number of hydrogen-bond donors (Lipinski definition) is 0. The van der Waals surface area contributed by atoms with E-state index in [0.29, 0.717) is 29.2 Å². The first-order chi connectivity index (χ1) is 17.1. The average molecular weight is 498 g/mol. The standard InChI is InChI=1S/C33H55NO2/c1-22(2)11-10-12-23(3)25-15-16-26-31-27(17-19-32(25,26)4)33(5)20-18-30(35)34(6)29(33)21-28(31)36-24-13-8-7-9-14-24/h13,22-23,25-29,31H,7-12,14-21H2,1-6H3/t23?,25?,26?,27?,28-,29+,31?,32+,33?/m0/s1. The molecule has 0 aromatic rings. The number of rotatable bonds is 7. The molecule has 1 heterocycles. The molecule has 3 nitrogen and oxygen atoms in total. The maximum atomic E-state index is 12.8. The van der Waals surface area contributed by atoms with Gasteiger partial charge in [0.1, 0.15) is 6.10 Å². The summed E-state index contributed by atoms with van der Waals surface area (Å²) in [5.41, 5.74) is 0.705. The summed E-state index contributed by atoms with van der Waals surface area (Å²) >= 11 is 0. The van der Waals surface area contributed by atoms with Crippen molar-refractivity contribution in [3.05, 3.63) is 11.8 Å². The van der Waals surface area contributed by atoms with Crippen LogP contribution in [0.3, 0.4) is 0 Å². The number of hydrogen-bond acceptors (Lipinski definition) is 2. The minimum Gasteiger partial charge on any atom is -0.495 e. The Morgan fingerprint density at radius 3 is 2.50 bits per heavy atom. The van der Waals surface area contributed by atoms with Gasteiger partial charge in [-0.15, -0.1) is 0 Å². The maximum Gasteiger partial charge on any atom is 0.222 e. The van der Waals surface area contributed by atoms with Crippen LogP contribution in [0.4, 0.5) is 0 Å². The Bertz CT molecular complexity index is 834. The maximum absolute atomic E-state index is 12.8. The van der Waals surface area contributed by atoms with E-state index in [-0.39, 0.29) is 11.5 Å². The molecule has 0 aromatic heterocycles. The Morgan fingerprint density at radius 2 is 1.78 bits per heavy atom. The predicted molar refractivity (Wildman–Crippen MR) is 148 cm³/mol. The van der Waals surface area contributed by atoms with Crippen molar-refractivity contribution in [2.75, 3.05) is 7.05 Å². The minimum absolute atomic E-state index is 0.246. The van der Waals surface area contributed by atoms with Crippen molar-refractivity contribution in [1.82, 2.24) is 4.90 Å². The fourth-order valence-electron chi connectivity index (χ4n) is 10.3. The lowest BCUT2D eigenvalue weighted by Gasteiger charge is -2.63. The molecular weight excluding hydrogens is 442 g/mol. The fraction of sp³-hybridized carbons (Fsp3) is 0.909. The summed E-state index contributed by atoms with van der Waals surface area (Å²) in [6, 6.07) is 0.339. The number of likely N-dealkylation sites (tertiary alicyclic amines) is 1. The van der Waals surface area contributed by atoms with Crippen LogP contribution in [0.15, 0.2) is 11.8 Å². The lowest BCUT2D eigenvalue weighted by Crippen LogP contribution is -2.65. The van der Waals surface area contributed by atoms with Crippen molar-refractivity contribution in [2.45, 2.75) is 137 Å². The van der Waals surface area contributed by atoms with E-state index in [1.54, 1.807) is 0 Å². The lowest BCUT2D eigenvalue weighted by molar-refractivity contribution is -0.184. The summed E-state index contributed by atoms with van der Waals surface area (Å²) in [4.78, 5) is 14.9. The van der Waals surface area contributed by atoms with Gasteiger partial charge < -0.3 is 9.64 Å². The van der Waals surface area contributed by atoms with Gasteiger partial charge in [-0.2, -0.15) is 0 Å². The summed E-state index contributed by atoms with van der Waals surface area (Å²) in [6.45, 7) is 12.6. The van der Waals surface area contributed by atoms with Gasteiger partial charge in [0.15, 0.2) is 0 Å². The number of ether oxygens (including phenoxy) is 1. The number of amides is 1. The van der Waals surface area contributed by atoms with Crippen LogP contribution in [0.2, 0.25) is 0 Å². The van der Waals surface area contributed by atoms with E-state index in [1.165, 1.54) is 70.0 Å². The highest BCUT2D eigenvalue weighted by molar-refractivity contribution is 5.77. The van der Waals surface area contributed by atoms with Crippen molar-refractivity contribution in [1.29, 1.82) is 0 Å². The van der Waals surface area contributed by atoms with Crippen molar-refractivity contribution < 1.29 is 9.53 Å². The monoisotopic (exact) mass is 497 g/mol. The molecule has 0 spiro atoms. The molecule has 4 aliphatic carbocycles. The molecule has 0 radical (unpaired) electrons. The van der Waals surface area contributed by atoms with Gasteiger partial charge in [-0.05, 0) is 97.9 Å². The molecule has 9 atom stereocenters. The number of carbonyl (C=O) groups excluding carboxylic acids is 1. The van der Waals surface area contributed by atoms with Gasteiger partial charge in [0, 0.05) is 38.3 Å². The first-order valence-corrected chi connectivity index (χ1v) is 15.8. The normalized spacial score (nSPS) is 43.5. The Hall–Kier alpha value is -0.990. The molecule has 204 valence electrons. The van der Waals surface area contributed by atoms with E-state index < -0.39 is 0 Å². The zero-order valence-electron chi connectivity index (χ0n) is 24.4. The molecule has 1 amide bonds. The molecule has 36 heavy (non-hydrogen) atoms. The summed E-state index contributed by atoms with van der Waals surface area (Å²) < 4.78 is 7.04. The number of fused-ring (bicyclic) bond motifs is 5. The molecule has 1 aliphatic heterocycles. The number of allylic oxidation sites excluding steroid dienone is 2. The highest BCUT2D eigenvalue weighted by Crippen LogP contribution is 2.67. The first kappa shape index (κ1) is 26.6. The fourth-order valence-corrected chi connectivity index (χ4v) is 10.3. The molecule has 5 aliphatic rings. The zero-order chi connectivity index (χ0) is 25.7. The summed E-state index contributed by atoms with van der Waals surface area (Å²) in [5.74, 6) is 6.26. The van der Waals surface area contributed by atoms with Gasteiger partial charge in [0.2, 0.25) is 5.91 Å². The molecule has 0 N–H and O–H groups in total. The van der Waals surface area contributed by atoms with Crippen LogP contribution in [-0.2, 0) is 9.53 Å².